The summed E-state index contributed by atoms with van der Waals surface area (Å²) in [5.74, 6) is 1.05. The van der Waals surface area contributed by atoms with E-state index in [0.717, 1.165) is 27.9 Å². The van der Waals surface area contributed by atoms with Gasteiger partial charge in [-0.1, -0.05) is 17.7 Å². The molecule has 1 saturated heterocycles. The quantitative estimate of drug-likeness (QED) is 0.632. The second-order valence-corrected chi connectivity index (χ2v) is 5.20. The Balaban J connectivity index is 1.97. The molecule has 0 aromatic heterocycles. The van der Waals surface area contributed by atoms with Crippen molar-refractivity contribution in [3.63, 3.8) is 0 Å². The Labute approximate surface area is 99.6 Å². The molecule has 0 amide bonds. The lowest BCUT2D eigenvalue weighted by atomic mass is 10.3. The minimum absolute atomic E-state index is 0.616. The largest absolute Gasteiger partial charge is 0.398 e. The lowest BCUT2D eigenvalue weighted by Gasteiger charge is -2.11. The fraction of sp³-hybridized carbons (Fsp3) is 0.455. The SMILES string of the molecule is Nc1cccc(Cl)c1SC[C@@H]1CCCN1. The van der Waals surface area contributed by atoms with Crippen molar-refractivity contribution in [3.05, 3.63) is 23.2 Å². The van der Waals surface area contributed by atoms with Crippen molar-refractivity contribution in [2.75, 3.05) is 18.0 Å². The summed E-state index contributed by atoms with van der Waals surface area (Å²) in [6.45, 7) is 1.14. The molecule has 1 aliphatic rings. The van der Waals surface area contributed by atoms with Gasteiger partial charge in [0.25, 0.3) is 0 Å². The summed E-state index contributed by atoms with van der Waals surface area (Å²) in [6.07, 6.45) is 2.54. The molecule has 1 aliphatic heterocycles. The number of nitrogen functional groups attached to an aromatic ring is 1. The molecule has 0 radical (unpaired) electrons. The molecule has 1 fully saturated rings. The van der Waals surface area contributed by atoms with Gasteiger partial charge in [-0.2, -0.15) is 0 Å². The van der Waals surface area contributed by atoms with Crippen molar-refractivity contribution in [1.29, 1.82) is 0 Å². The summed E-state index contributed by atoms with van der Waals surface area (Å²) in [5, 5.41) is 4.22. The van der Waals surface area contributed by atoms with Gasteiger partial charge in [-0.25, -0.2) is 0 Å². The highest BCUT2D eigenvalue weighted by Crippen LogP contribution is 2.33. The van der Waals surface area contributed by atoms with Crippen LogP contribution in [0.25, 0.3) is 0 Å². The average molecular weight is 243 g/mol. The predicted molar refractivity (Wildman–Crippen MR) is 67.6 cm³/mol. The fourth-order valence-corrected chi connectivity index (χ4v) is 3.20. The molecule has 82 valence electrons. The molecule has 15 heavy (non-hydrogen) atoms. The lowest BCUT2D eigenvalue weighted by Crippen LogP contribution is -2.23. The molecule has 0 unspecified atom stereocenters. The maximum Gasteiger partial charge on any atom is 0.0562 e. The number of hydrogen-bond donors (Lipinski definition) is 2. The van der Waals surface area contributed by atoms with Crippen LogP contribution in [0.1, 0.15) is 12.8 Å². The number of hydrogen-bond acceptors (Lipinski definition) is 3. The Morgan fingerprint density at radius 2 is 2.40 bits per heavy atom. The van der Waals surface area contributed by atoms with E-state index in [0.29, 0.717) is 6.04 Å². The topological polar surface area (TPSA) is 38.0 Å². The molecular weight excluding hydrogens is 228 g/mol. The maximum atomic E-state index is 6.09. The molecule has 3 N–H and O–H groups in total. The molecule has 4 heteroatoms. The number of anilines is 1. The van der Waals surface area contributed by atoms with Gasteiger partial charge in [0.1, 0.15) is 0 Å². The molecule has 2 rings (SSSR count). The molecule has 0 saturated carbocycles. The van der Waals surface area contributed by atoms with Gasteiger partial charge in [0.05, 0.1) is 5.02 Å². The minimum atomic E-state index is 0.616. The number of halogens is 1. The Kier molecular flexibility index (Phi) is 3.78. The van der Waals surface area contributed by atoms with Gasteiger partial charge in [0.15, 0.2) is 0 Å². The first kappa shape index (κ1) is 11.1. The van der Waals surface area contributed by atoms with Gasteiger partial charge in [-0.3, -0.25) is 0 Å². The van der Waals surface area contributed by atoms with E-state index >= 15 is 0 Å². The van der Waals surface area contributed by atoms with Crippen molar-refractivity contribution in [1.82, 2.24) is 5.32 Å². The Bertz CT molecular complexity index is 317. The standard InChI is InChI=1S/C11H15ClN2S/c12-9-4-1-5-10(13)11(9)15-7-8-3-2-6-14-8/h1,4-5,8,14H,2-3,6-7,13H2/t8-/m0/s1. The van der Waals surface area contributed by atoms with Crippen molar-refractivity contribution in [2.45, 2.75) is 23.8 Å². The molecule has 2 nitrogen and oxygen atoms in total. The van der Waals surface area contributed by atoms with E-state index in [-0.39, 0.29) is 0 Å². The zero-order valence-electron chi connectivity index (χ0n) is 8.50. The fourth-order valence-electron chi connectivity index (χ4n) is 1.76. The number of benzene rings is 1. The molecule has 1 aromatic rings. The smallest absolute Gasteiger partial charge is 0.0562 e. The van der Waals surface area contributed by atoms with Crippen molar-refractivity contribution >= 4 is 29.1 Å². The second-order valence-electron chi connectivity index (χ2n) is 3.76. The van der Waals surface area contributed by atoms with Gasteiger partial charge < -0.3 is 11.1 Å². The highest BCUT2D eigenvalue weighted by atomic mass is 35.5. The summed E-state index contributed by atoms with van der Waals surface area (Å²) in [5.41, 5.74) is 6.66. The van der Waals surface area contributed by atoms with E-state index in [1.807, 2.05) is 18.2 Å². The van der Waals surface area contributed by atoms with Crippen LogP contribution in [0.3, 0.4) is 0 Å². The first-order chi connectivity index (χ1) is 7.27. The Morgan fingerprint density at radius 1 is 1.53 bits per heavy atom. The van der Waals surface area contributed by atoms with Gasteiger partial charge in [-0.05, 0) is 31.5 Å². The van der Waals surface area contributed by atoms with Crippen LogP contribution in [0.15, 0.2) is 23.1 Å². The van der Waals surface area contributed by atoms with E-state index in [1.54, 1.807) is 11.8 Å². The van der Waals surface area contributed by atoms with Crippen LogP contribution in [0.5, 0.6) is 0 Å². The molecule has 1 atom stereocenters. The van der Waals surface area contributed by atoms with E-state index < -0.39 is 0 Å². The van der Waals surface area contributed by atoms with Crippen LogP contribution in [0.2, 0.25) is 5.02 Å². The van der Waals surface area contributed by atoms with Crippen LogP contribution in [0, 0.1) is 0 Å². The second kappa shape index (κ2) is 5.10. The normalized spacial score (nSPS) is 20.7. The molecular formula is C11H15ClN2S. The molecule has 0 spiro atoms. The molecule has 0 aliphatic carbocycles. The van der Waals surface area contributed by atoms with E-state index in [9.17, 15) is 0 Å². The Morgan fingerprint density at radius 3 is 3.07 bits per heavy atom. The first-order valence-corrected chi connectivity index (χ1v) is 6.54. The summed E-state index contributed by atoms with van der Waals surface area (Å²) in [6, 6.07) is 6.29. The summed E-state index contributed by atoms with van der Waals surface area (Å²) in [7, 11) is 0. The summed E-state index contributed by atoms with van der Waals surface area (Å²) >= 11 is 7.85. The zero-order valence-corrected chi connectivity index (χ0v) is 10.1. The highest BCUT2D eigenvalue weighted by Gasteiger charge is 2.15. The van der Waals surface area contributed by atoms with Crippen molar-refractivity contribution in [2.24, 2.45) is 0 Å². The third-order valence-corrected chi connectivity index (χ3v) is 4.33. The van der Waals surface area contributed by atoms with E-state index in [4.69, 9.17) is 17.3 Å². The minimum Gasteiger partial charge on any atom is -0.398 e. The molecule has 0 bridgehead atoms. The van der Waals surface area contributed by atoms with Gasteiger partial charge in [0.2, 0.25) is 0 Å². The van der Waals surface area contributed by atoms with Crippen LogP contribution < -0.4 is 11.1 Å². The van der Waals surface area contributed by atoms with E-state index in [1.165, 1.54) is 12.8 Å². The number of rotatable bonds is 3. The zero-order chi connectivity index (χ0) is 10.7. The third-order valence-electron chi connectivity index (χ3n) is 2.59. The summed E-state index contributed by atoms with van der Waals surface area (Å²) < 4.78 is 0. The maximum absolute atomic E-state index is 6.09. The first-order valence-electron chi connectivity index (χ1n) is 5.17. The lowest BCUT2D eigenvalue weighted by molar-refractivity contribution is 0.674. The van der Waals surface area contributed by atoms with E-state index in [2.05, 4.69) is 5.32 Å². The number of nitrogens with two attached hydrogens (primary N) is 1. The van der Waals surface area contributed by atoms with Crippen molar-refractivity contribution < 1.29 is 0 Å². The van der Waals surface area contributed by atoms with Crippen LogP contribution in [-0.2, 0) is 0 Å². The monoisotopic (exact) mass is 242 g/mol. The van der Waals surface area contributed by atoms with Gasteiger partial charge >= 0.3 is 0 Å². The predicted octanol–water partition coefficient (Wildman–Crippen LogP) is 2.77. The number of thioether (sulfide) groups is 1. The summed E-state index contributed by atoms with van der Waals surface area (Å²) in [4.78, 5) is 1.02. The third kappa shape index (κ3) is 2.80. The average Bonchev–Trinajstić information content (AvgIpc) is 2.70. The number of nitrogens with one attached hydrogen (secondary N) is 1. The highest BCUT2D eigenvalue weighted by molar-refractivity contribution is 7.99. The van der Waals surface area contributed by atoms with Crippen LogP contribution in [0.4, 0.5) is 5.69 Å². The Hall–Kier alpha value is -0.380. The van der Waals surface area contributed by atoms with Crippen molar-refractivity contribution in [3.8, 4) is 0 Å². The van der Waals surface area contributed by atoms with Gasteiger partial charge in [-0.15, -0.1) is 11.8 Å². The van der Waals surface area contributed by atoms with Gasteiger partial charge in [0, 0.05) is 22.4 Å². The van der Waals surface area contributed by atoms with Crippen LogP contribution in [-0.4, -0.2) is 18.3 Å². The molecule has 1 aromatic carbocycles. The van der Waals surface area contributed by atoms with Crippen LogP contribution >= 0.6 is 23.4 Å². The molecule has 1 heterocycles.